The number of primary amides is 1. The minimum atomic E-state index is -0.910. The molecule has 1 aliphatic rings. The molecule has 0 saturated heterocycles. The van der Waals surface area contributed by atoms with E-state index in [1.807, 2.05) is 5.32 Å². The molecule has 0 aromatic heterocycles. The van der Waals surface area contributed by atoms with Crippen molar-refractivity contribution < 1.29 is 19.1 Å². The van der Waals surface area contributed by atoms with Crippen molar-refractivity contribution in [2.75, 3.05) is 6.61 Å². The Morgan fingerprint density at radius 3 is 2.69 bits per heavy atom. The van der Waals surface area contributed by atoms with E-state index in [2.05, 4.69) is 0 Å². The van der Waals surface area contributed by atoms with Crippen LogP contribution in [0.15, 0.2) is 24.3 Å². The summed E-state index contributed by atoms with van der Waals surface area (Å²) in [5, 5.41) is 1.94. The quantitative estimate of drug-likeness (QED) is 0.700. The molecule has 0 aliphatic carbocycles. The van der Waals surface area contributed by atoms with Gasteiger partial charge >= 0.3 is 6.03 Å². The van der Waals surface area contributed by atoms with Gasteiger partial charge in [0.15, 0.2) is 11.5 Å². The van der Waals surface area contributed by atoms with E-state index in [0.717, 1.165) is 0 Å². The highest BCUT2D eigenvalue weighted by atomic mass is 16.6. The highest BCUT2D eigenvalue weighted by Crippen LogP contribution is 2.30. The van der Waals surface area contributed by atoms with Crippen molar-refractivity contribution in [2.45, 2.75) is 6.10 Å². The monoisotopic (exact) mass is 222 g/mol. The minimum Gasteiger partial charge on any atom is -0.485 e. The zero-order valence-corrected chi connectivity index (χ0v) is 8.30. The molecule has 6 heteroatoms. The first kappa shape index (κ1) is 10.3. The van der Waals surface area contributed by atoms with Gasteiger partial charge in [0.25, 0.3) is 5.91 Å². The number of nitrogens with one attached hydrogen (secondary N) is 1. The third-order valence-electron chi connectivity index (χ3n) is 2.05. The molecular formula is C10H10N2O4. The lowest BCUT2D eigenvalue weighted by Gasteiger charge is -2.24. The molecule has 1 aliphatic heterocycles. The number of benzene rings is 1. The SMILES string of the molecule is NC(=O)NC(=O)C1COc2ccccc2O1. The van der Waals surface area contributed by atoms with Crippen LogP contribution in [-0.2, 0) is 4.79 Å². The number of rotatable bonds is 1. The molecule has 3 amide bonds. The van der Waals surface area contributed by atoms with E-state index in [1.54, 1.807) is 24.3 Å². The third-order valence-corrected chi connectivity index (χ3v) is 2.05. The van der Waals surface area contributed by atoms with Crippen LogP contribution in [0.3, 0.4) is 0 Å². The molecule has 1 aromatic carbocycles. The first-order valence-electron chi connectivity index (χ1n) is 4.65. The minimum absolute atomic E-state index is 0.0517. The Kier molecular flexibility index (Phi) is 2.63. The molecule has 1 atom stereocenters. The Morgan fingerprint density at radius 2 is 2.00 bits per heavy atom. The van der Waals surface area contributed by atoms with Crippen LogP contribution in [0.4, 0.5) is 4.79 Å². The molecule has 0 spiro atoms. The fourth-order valence-electron chi connectivity index (χ4n) is 1.35. The van der Waals surface area contributed by atoms with Crippen molar-refractivity contribution in [3.05, 3.63) is 24.3 Å². The lowest BCUT2D eigenvalue weighted by molar-refractivity contribution is -0.129. The van der Waals surface area contributed by atoms with Gasteiger partial charge in [-0.1, -0.05) is 12.1 Å². The summed E-state index contributed by atoms with van der Waals surface area (Å²) in [6.45, 7) is 0.0517. The van der Waals surface area contributed by atoms with E-state index < -0.39 is 18.0 Å². The summed E-state index contributed by atoms with van der Waals surface area (Å²) in [4.78, 5) is 21.9. The van der Waals surface area contributed by atoms with Crippen LogP contribution in [0, 0.1) is 0 Å². The molecule has 16 heavy (non-hydrogen) atoms. The van der Waals surface area contributed by atoms with E-state index in [4.69, 9.17) is 15.2 Å². The van der Waals surface area contributed by atoms with Crippen LogP contribution in [0.1, 0.15) is 0 Å². The van der Waals surface area contributed by atoms with Crippen molar-refractivity contribution in [1.29, 1.82) is 0 Å². The second-order valence-electron chi connectivity index (χ2n) is 3.22. The van der Waals surface area contributed by atoms with Gasteiger partial charge in [-0.2, -0.15) is 0 Å². The van der Waals surface area contributed by atoms with Crippen LogP contribution >= 0.6 is 0 Å². The number of para-hydroxylation sites is 2. The van der Waals surface area contributed by atoms with Gasteiger partial charge in [-0.05, 0) is 12.1 Å². The maximum atomic E-state index is 11.4. The number of fused-ring (bicyclic) bond motifs is 1. The summed E-state index contributed by atoms with van der Waals surface area (Å²) in [5.74, 6) is 0.436. The predicted molar refractivity (Wildman–Crippen MR) is 54.1 cm³/mol. The van der Waals surface area contributed by atoms with Gasteiger partial charge in [-0.3, -0.25) is 10.1 Å². The van der Waals surface area contributed by atoms with Crippen molar-refractivity contribution in [2.24, 2.45) is 5.73 Å². The van der Waals surface area contributed by atoms with Crippen LogP contribution < -0.4 is 20.5 Å². The highest BCUT2D eigenvalue weighted by molar-refractivity contribution is 5.96. The predicted octanol–water partition coefficient (Wildman–Crippen LogP) is 0.0213. The second kappa shape index (κ2) is 4.09. The largest absolute Gasteiger partial charge is 0.485 e. The third kappa shape index (κ3) is 2.05. The zero-order valence-electron chi connectivity index (χ0n) is 8.30. The number of nitrogens with two attached hydrogens (primary N) is 1. The van der Waals surface area contributed by atoms with Crippen LogP contribution in [-0.4, -0.2) is 24.6 Å². The number of amides is 3. The number of imide groups is 1. The lowest BCUT2D eigenvalue weighted by atomic mass is 10.2. The Balaban J connectivity index is 2.08. The molecule has 3 N–H and O–H groups in total. The molecule has 0 radical (unpaired) electrons. The van der Waals surface area contributed by atoms with Gasteiger partial charge in [-0.15, -0.1) is 0 Å². The average molecular weight is 222 g/mol. The Labute approximate surface area is 91.3 Å². The smallest absolute Gasteiger partial charge is 0.318 e. The van der Waals surface area contributed by atoms with Crippen LogP contribution in [0.25, 0.3) is 0 Å². The Hall–Kier alpha value is -2.24. The van der Waals surface area contributed by atoms with E-state index in [-0.39, 0.29) is 6.61 Å². The number of carbonyl (C=O) groups excluding carboxylic acids is 2. The van der Waals surface area contributed by atoms with Crippen molar-refractivity contribution >= 4 is 11.9 Å². The fourth-order valence-corrected chi connectivity index (χ4v) is 1.35. The highest BCUT2D eigenvalue weighted by Gasteiger charge is 2.27. The van der Waals surface area contributed by atoms with E-state index in [1.165, 1.54) is 0 Å². The fraction of sp³-hybridized carbons (Fsp3) is 0.200. The first-order valence-corrected chi connectivity index (χ1v) is 4.65. The topological polar surface area (TPSA) is 90.7 Å². The first-order chi connectivity index (χ1) is 7.66. The molecule has 2 rings (SSSR count). The van der Waals surface area contributed by atoms with Gasteiger partial charge in [0.1, 0.15) is 6.61 Å². The number of hydrogen-bond acceptors (Lipinski definition) is 4. The van der Waals surface area contributed by atoms with Gasteiger partial charge in [0.2, 0.25) is 6.10 Å². The van der Waals surface area contributed by atoms with E-state index in [0.29, 0.717) is 11.5 Å². The van der Waals surface area contributed by atoms with Crippen molar-refractivity contribution in [3.63, 3.8) is 0 Å². The normalized spacial score (nSPS) is 17.6. The lowest BCUT2D eigenvalue weighted by Crippen LogP contribution is -2.47. The standard InChI is InChI=1S/C10H10N2O4/c11-10(14)12-9(13)8-5-15-6-3-1-2-4-7(6)16-8/h1-4,8H,5H2,(H3,11,12,13,14). The number of carbonyl (C=O) groups is 2. The van der Waals surface area contributed by atoms with Crippen molar-refractivity contribution in [3.8, 4) is 11.5 Å². The second-order valence-corrected chi connectivity index (χ2v) is 3.22. The molecule has 1 heterocycles. The number of ether oxygens (including phenoxy) is 2. The summed E-state index contributed by atoms with van der Waals surface area (Å²) in [6.07, 6.45) is -0.859. The Bertz CT molecular complexity index is 433. The summed E-state index contributed by atoms with van der Waals surface area (Å²) < 4.78 is 10.7. The maximum absolute atomic E-state index is 11.4. The molecular weight excluding hydrogens is 212 g/mol. The van der Waals surface area contributed by atoms with Gasteiger partial charge < -0.3 is 15.2 Å². The molecule has 0 bridgehead atoms. The number of urea groups is 1. The summed E-state index contributed by atoms with van der Waals surface area (Å²) in [7, 11) is 0. The summed E-state index contributed by atoms with van der Waals surface area (Å²) in [5.41, 5.74) is 4.83. The maximum Gasteiger partial charge on any atom is 0.318 e. The summed E-state index contributed by atoms with van der Waals surface area (Å²) in [6, 6.07) is 6.06. The molecule has 0 fully saturated rings. The summed E-state index contributed by atoms with van der Waals surface area (Å²) >= 11 is 0. The number of hydrogen-bond donors (Lipinski definition) is 2. The van der Waals surface area contributed by atoms with Crippen LogP contribution in [0.5, 0.6) is 11.5 Å². The molecule has 84 valence electrons. The van der Waals surface area contributed by atoms with Gasteiger partial charge in [-0.25, -0.2) is 4.79 Å². The van der Waals surface area contributed by atoms with E-state index in [9.17, 15) is 9.59 Å². The molecule has 1 unspecified atom stereocenters. The molecule has 1 aromatic rings. The molecule has 0 saturated carbocycles. The van der Waals surface area contributed by atoms with Gasteiger partial charge in [0.05, 0.1) is 0 Å². The molecule has 6 nitrogen and oxygen atoms in total. The zero-order chi connectivity index (χ0) is 11.5. The van der Waals surface area contributed by atoms with Gasteiger partial charge in [0, 0.05) is 0 Å². The van der Waals surface area contributed by atoms with Crippen LogP contribution in [0.2, 0.25) is 0 Å². The van der Waals surface area contributed by atoms with E-state index >= 15 is 0 Å². The van der Waals surface area contributed by atoms with Crippen molar-refractivity contribution in [1.82, 2.24) is 5.32 Å². The Morgan fingerprint density at radius 1 is 1.31 bits per heavy atom. The average Bonchev–Trinajstić information content (AvgIpc) is 2.27.